The van der Waals surface area contributed by atoms with Crippen molar-refractivity contribution in [2.45, 2.75) is 19.4 Å². The molecule has 0 saturated heterocycles. The predicted molar refractivity (Wildman–Crippen MR) is 74.8 cm³/mol. The molecule has 2 rings (SSSR count). The van der Waals surface area contributed by atoms with Gasteiger partial charge in [-0.2, -0.15) is 5.10 Å². The molecule has 2 aromatic rings. The summed E-state index contributed by atoms with van der Waals surface area (Å²) in [5, 5.41) is 8.43. The average molecular weight is 264 g/mol. The third-order valence-electron chi connectivity index (χ3n) is 3.10. The van der Waals surface area contributed by atoms with Gasteiger partial charge in [0.2, 0.25) is 0 Å². The van der Waals surface area contributed by atoms with Crippen LogP contribution in [0.1, 0.15) is 24.2 Å². The second-order valence-electron chi connectivity index (χ2n) is 4.43. The van der Waals surface area contributed by atoms with Crippen LogP contribution in [0, 0.1) is 0 Å². The van der Waals surface area contributed by atoms with E-state index >= 15 is 0 Å². The summed E-state index contributed by atoms with van der Waals surface area (Å²) in [4.78, 5) is 0. The minimum Gasteiger partial charge on any atom is -0.310 e. The summed E-state index contributed by atoms with van der Waals surface area (Å²) in [6.07, 6.45) is 2.80. The van der Waals surface area contributed by atoms with Crippen molar-refractivity contribution in [3.8, 4) is 0 Å². The summed E-state index contributed by atoms with van der Waals surface area (Å²) in [5.41, 5.74) is 2.45. The first-order chi connectivity index (χ1) is 8.66. The molecule has 0 spiro atoms. The quantitative estimate of drug-likeness (QED) is 0.899. The summed E-state index contributed by atoms with van der Waals surface area (Å²) in [6, 6.07) is 10.3. The first-order valence-electron chi connectivity index (χ1n) is 6.12. The molecule has 96 valence electrons. The van der Waals surface area contributed by atoms with Crippen molar-refractivity contribution in [3.63, 3.8) is 0 Å². The van der Waals surface area contributed by atoms with Crippen molar-refractivity contribution < 1.29 is 0 Å². The van der Waals surface area contributed by atoms with Crippen molar-refractivity contribution >= 4 is 11.6 Å². The van der Waals surface area contributed by atoms with E-state index in [0.29, 0.717) is 6.04 Å². The van der Waals surface area contributed by atoms with Gasteiger partial charge in [0.1, 0.15) is 0 Å². The lowest BCUT2D eigenvalue weighted by atomic mass is 10.1. The molecule has 0 aliphatic heterocycles. The summed E-state index contributed by atoms with van der Waals surface area (Å²) < 4.78 is 1.91. The van der Waals surface area contributed by atoms with Crippen LogP contribution in [0.2, 0.25) is 5.02 Å². The summed E-state index contributed by atoms with van der Waals surface area (Å²) in [6.45, 7) is 3.07. The topological polar surface area (TPSA) is 29.9 Å². The molecule has 1 aromatic heterocycles. The monoisotopic (exact) mass is 263 g/mol. The molecule has 0 saturated carbocycles. The molecule has 1 aromatic carbocycles. The Morgan fingerprint density at radius 2 is 2.22 bits per heavy atom. The number of nitrogens with one attached hydrogen (secondary N) is 1. The zero-order chi connectivity index (χ0) is 13.0. The SMILES string of the molecule is C[C@@H](NCCc1ccnn1C)c1cccc(Cl)c1. The number of benzene rings is 1. The van der Waals surface area contributed by atoms with Gasteiger partial charge in [-0.1, -0.05) is 23.7 Å². The van der Waals surface area contributed by atoms with E-state index in [1.807, 2.05) is 42.2 Å². The lowest BCUT2D eigenvalue weighted by Gasteiger charge is -2.14. The van der Waals surface area contributed by atoms with Crippen LogP contribution in [-0.4, -0.2) is 16.3 Å². The number of hydrogen-bond donors (Lipinski definition) is 1. The Balaban J connectivity index is 1.85. The van der Waals surface area contributed by atoms with Crippen molar-refractivity contribution in [1.29, 1.82) is 0 Å². The van der Waals surface area contributed by atoms with Gasteiger partial charge in [-0.15, -0.1) is 0 Å². The zero-order valence-corrected chi connectivity index (χ0v) is 11.5. The highest BCUT2D eigenvalue weighted by atomic mass is 35.5. The largest absolute Gasteiger partial charge is 0.310 e. The molecule has 18 heavy (non-hydrogen) atoms. The first kappa shape index (κ1) is 13.1. The first-order valence-corrected chi connectivity index (χ1v) is 6.50. The third-order valence-corrected chi connectivity index (χ3v) is 3.34. The Kier molecular flexibility index (Phi) is 4.39. The molecule has 0 unspecified atom stereocenters. The highest BCUT2D eigenvalue weighted by Gasteiger charge is 2.05. The standard InChI is InChI=1S/C14H18ClN3/c1-11(12-4-3-5-13(15)10-12)16-8-6-14-7-9-17-18(14)2/h3-5,7,9-11,16H,6,8H2,1-2H3/t11-/m1/s1. The molecule has 0 radical (unpaired) electrons. The van der Waals surface area contributed by atoms with Gasteiger partial charge in [-0.25, -0.2) is 0 Å². The van der Waals surface area contributed by atoms with Crippen LogP contribution in [0.3, 0.4) is 0 Å². The summed E-state index contributed by atoms with van der Waals surface area (Å²) in [5.74, 6) is 0. The summed E-state index contributed by atoms with van der Waals surface area (Å²) in [7, 11) is 1.97. The maximum Gasteiger partial charge on any atom is 0.0492 e. The number of nitrogens with zero attached hydrogens (tertiary/aromatic N) is 2. The fourth-order valence-electron chi connectivity index (χ4n) is 1.96. The van der Waals surface area contributed by atoms with Gasteiger partial charge >= 0.3 is 0 Å². The van der Waals surface area contributed by atoms with E-state index in [9.17, 15) is 0 Å². The van der Waals surface area contributed by atoms with Gasteiger partial charge in [-0.3, -0.25) is 4.68 Å². The lowest BCUT2D eigenvalue weighted by Crippen LogP contribution is -2.22. The number of rotatable bonds is 5. The predicted octanol–water partition coefficient (Wildman–Crippen LogP) is 2.97. The van der Waals surface area contributed by atoms with Crippen molar-refractivity contribution in [3.05, 3.63) is 52.8 Å². The van der Waals surface area contributed by atoms with Gasteiger partial charge in [-0.05, 0) is 30.7 Å². The molecular weight excluding hydrogens is 246 g/mol. The number of aromatic nitrogens is 2. The maximum atomic E-state index is 5.99. The second kappa shape index (κ2) is 6.03. The second-order valence-corrected chi connectivity index (χ2v) is 4.86. The number of halogens is 1. The average Bonchev–Trinajstić information content (AvgIpc) is 2.75. The molecule has 3 nitrogen and oxygen atoms in total. The minimum atomic E-state index is 0.303. The van der Waals surface area contributed by atoms with Crippen LogP contribution in [0.25, 0.3) is 0 Å². The Labute approximate surface area is 113 Å². The molecule has 1 N–H and O–H groups in total. The Morgan fingerprint density at radius 1 is 1.39 bits per heavy atom. The minimum absolute atomic E-state index is 0.303. The van der Waals surface area contributed by atoms with E-state index in [-0.39, 0.29) is 0 Å². The van der Waals surface area contributed by atoms with E-state index in [1.165, 1.54) is 11.3 Å². The molecule has 0 aliphatic rings. The molecule has 1 heterocycles. The van der Waals surface area contributed by atoms with E-state index < -0.39 is 0 Å². The maximum absolute atomic E-state index is 5.99. The summed E-state index contributed by atoms with van der Waals surface area (Å²) >= 11 is 5.99. The highest BCUT2D eigenvalue weighted by Crippen LogP contribution is 2.17. The molecular formula is C14H18ClN3. The van der Waals surface area contributed by atoms with Crippen LogP contribution in [0.5, 0.6) is 0 Å². The van der Waals surface area contributed by atoms with Gasteiger partial charge in [0, 0.05) is 43.0 Å². The normalized spacial score (nSPS) is 12.6. The number of aryl methyl sites for hydroxylation is 1. The Hall–Kier alpha value is -1.32. The molecule has 0 amide bonds. The van der Waals surface area contributed by atoms with Crippen molar-refractivity contribution in [2.75, 3.05) is 6.54 Å². The van der Waals surface area contributed by atoms with Gasteiger partial charge in [0.25, 0.3) is 0 Å². The third kappa shape index (κ3) is 3.34. The molecule has 0 bridgehead atoms. The van der Waals surface area contributed by atoms with Gasteiger partial charge in [0.15, 0.2) is 0 Å². The van der Waals surface area contributed by atoms with Crippen molar-refractivity contribution in [2.24, 2.45) is 7.05 Å². The lowest BCUT2D eigenvalue weighted by molar-refractivity contribution is 0.564. The van der Waals surface area contributed by atoms with E-state index in [2.05, 4.69) is 23.4 Å². The molecule has 1 atom stereocenters. The fourth-order valence-corrected chi connectivity index (χ4v) is 2.16. The van der Waals surface area contributed by atoms with Crippen LogP contribution in [0.4, 0.5) is 0 Å². The van der Waals surface area contributed by atoms with E-state index in [4.69, 9.17) is 11.6 Å². The highest BCUT2D eigenvalue weighted by molar-refractivity contribution is 6.30. The number of hydrogen-bond acceptors (Lipinski definition) is 2. The Morgan fingerprint density at radius 3 is 2.89 bits per heavy atom. The zero-order valence-electron chi connectivity index (χ0n) is 10.7. The van der Waals surface area contributed by atoms with Crippen LogP contribution < -0.4 is 5.32 Å². The van der Waals surface area contributed by atoms with Crippen LogP contribution in [0.15, 0.2) is 36.5 Å². The Bertz CT molecular complexity index is 507. The van der Waals surface area contributed by atoms with Gasteiger partial charge < -0.3 is 5.32 Å². The van der Waals surface area contributed by atoms with Gasteiger partial charge in [0.05, 0.1) is 0 Å². The fraction of sp³-hybridized carbons (Fsp3) is 0.357. The van der Waals surface area contributed by atoms with Crippen molar-refractivity contribution in [1.82, 2.24) is 15.1 Å². The van der Waals surface area contributed by atoms with E-state index in [1.54, 1.807) is 0 Å². The molecule has 4 heteroatoms. The van der Waals surface area contributed by atoms with Crippen LogP contribution >= 0.6 is 11.6 Å². The molecule has 0 aliphatic carbocycles. The van der Waals surface area contributed by atoms with Crippen LogP contribution in [-0.2, 0) is 13.5 Å². The van der Waals surface area contributed by atoms with E-state index in [0.717, 1.165) is 18.0 Å². The molecule has 0 fully saturated rings. The smallest absolute Gasteiger partial charge is 0.0492 e.